The zero-order chi connectivity index (χ0) is 12.4. The van der Waals surface area contributed by atoms with Crippen molar-refractivity contribution in [1.82, 2.24) is 15.0 Å². The second-order valence-corrected chi connectivity index (χ2v) is 4.52. The molecule has 2 aromatic heterocycles. The minimum atomic E-state index is 0.697. The van der Waals surface area contributed by atoms with E-state index in [2.05, 4.69) is 20.3 Å². The lowest BCUT2D eigenvalue weighted by Crippen LogP contribution is -2.06. The lowest BCUT2D eigenvalue weighted by molar-refractivity contribution is 0.879. The van der Waals surface area contributed by atoms with E-state index in [9.17, 15) is 0 Å². The second kappa shape index (κ2) is 4.72. The van der Waals surface area contributed by atoms with Crippen LogP contribution in [0.25, 0.3) is 0 Å². The van der Waals surface area contributed by atoms with E-state index in [4.69, 9.17) is 0 Å². The van der Waals surface area contributed by atoms with Crippen LogP contribution in [0.2, 0.25) is 0 Å². The van der Waals surface area contributed by atoms with E-state index in [1.807, 2.05) is 31.4 Å². The fourth-order valence-corrected chi connectivity index (χ4v) is 2.43. The molecule has 0 bridgehead atoms. The zero-order valence-electron chi connectivity index (χ0n) is 10.5. The lowest BCUT2D eigenvalue weighted by Gasteiger charge is -2.09. The van der Waals surface area contributed by atoms with Gasteiger partial charge in [-0.3, -0.25) is 4.98 Å². The third-order valence-corrected chi connectivity index (χ3v) is 3.28. The Morgan fingerprint density at radius 1 is 1.22 bits per heavy atom. The van der Waals surface area contributed by atoms with E-state index in [1.54, 1.807) is 0 Å². The predicted octanol–water partition coefficient (Wildman–Crippen LogP) is 1.99. The van der Waals surface area contributed by atoms with Gasteiger partial charge in [-0.25, -0.2) is 9.97 Å². The highest BCUT2D eigenvalue weighted by Gasteiger charge is 2.18. The standard InChI is InChI=1S/C14H16N4/c1-15-14-11-6-4-7-12(11)17-13(18-14)9-10-5-2-3-8-16-10/h2-3,5,8H,4,6-7,9H2,1H3,(H,15,17,18). The summed E-state index contributed by atoms with van der Waals surface area (Å²) in [5.74, 6) is 1.85. The lowest BCUT2D eigenvalue weighted by atomic mass is 10.2. The average Bonchev–Trinajstić information content (AvgIpc) is 2.87. The molecular formula is C14H16N4. The summed E-state index contributed by atoms with van der Waals surface area (Å²) in [4.78, 5) is 13.6. The van der Waals surface area contributed by atoms with Crippen molar-refractivity contribution in [2.24, 2.45) is 0 Å². The van der Waals surface area contributed by atoms with Crippen LogP contribution in [0, 0.1) is 0 Å². The molecule has 0 amide bonds. The van der Waals surface area contributed by atoms with E-state index in [-0.39, 0.29) is 0 Å². The molecule has 0 unspecified atom stereocenters. The first-order chi connectivity index (χ1) is 8.86. The van der Waals surface area contributed by atoms with E-state index < -0.39 is 0 Å². The minimum Gasteiger partial charge on any atom is -0.373 e. The molecule has 2 aromatic rings. The van der Waals surface area contributed by atoms with Crippen molar-refractivity contribution < 1.29 is 0 Å². The monoisotopic (exact) mass is 240 g/mol. The van der Waals surface area contributed by atoms with Crippen LogP contribution in [0.15, 0.2) is 24.4 Å². The smallest absolute Gasteiger partial charge is 0.136 e. The van der Waals surface area contributed by atoms with Crippen molar-refractivity contribution in [3.8, 4) is 0 Å². The number of fused-ring (bicyclic) bond motifs is 1. The molecule has 0 aromatic carbocycles. The molecule has 0 saturated carbocycles. The van der Waals surface area contributed by atoms with Gasteiger partial charge in [0.15, 0.2) is 0 Å². The van der Waals surface area contributed by atoms with Gasteiger partial charge in [0.2, 0.25) is 0 Å². The first-order valence-electron chi connectivity index (χ1n) is 6.33. The molecule has 0 atom stereocenters. The Balaban J connectivity index is 1.94. The Bertz CT molecular complexity index is 551. The first kappa shape index (κ1) is 11.1. The van der Waals surface area contributed by atoms with Crippen molar-refractivity contribution in [1.29, 1.82) is 0 Å². The maximum absolute atomic E-state index is 4.67. The van der Waals surface area contributed by atoms with Gasteiger partial charge in [0.1, 0.15) is 11.6 Å². The Morgan fingerprint density at radius 2 is 2.17 bits per heavy atom. The van der Waals surface area contributed by atoms with Crippen molar-refractivity contribution >= 4 is 5.82 Å². The van der Waals surface area contributed by atoms with E-state index in [0.29, 0.717) is 6.42 Å². The average molecular weight is 240 g/mol. The molecule has 0 aliphatic heterocycles. The third kappa shape index (κ3) is 2.06. The van der Waals surface area contributed by atoms with Crippen LogP contribution in [-0.2, 0) is 19.3 Å². The van der Waals surface area contributed by atoms with Crippen LogP contribution in [0.1, 0.15) is 29.2 Å². The Hall–Kier alpha value is -1.97. The molecule has 0 radical (unpaired) electrons. The highest BCUT2D eigenvalue weighted by atomic mass is 15.0. The summed E-state index contributed by atoms with van der Waals surface area (Å²) in [6.45, 7) is 0. The first-order valence-corrected chi connectivity index (χ1v) is 6.33. The van der Waals surface area contributed by atoms with Gasteiger partial charge < -0.3 is 5.32 Å². The number of pyridine rings is 1. The Kier molecular flexibility index (Phi) is 2.92. The molecule has 18 heavy (non-hydrogen) atoms. The maximum atomic E-state index is 4.67. The summed E-state index contributed by atoms with van der Waals surface area (Å²) in [5, 5.41) is 3.18. The number of aromatic nitrogens is 3. The molecule has 2 heterocycles. The van der Waals surface area contributed by atoms with Gasteiger partial charge >= 0.3 is 0 Å². The molecule has 3 rings (SSSR count). The second-order valence-electron chi connectivity index (χ2n) is 4.52. The van der Waals surface area contributed by atoms with Crippen molar-refractivity contribution in [3.05, 3.63) is 47.2 Å². The third-order valence-electron chi connectivity index (χ3n) is 3.28. The topological polar surface area (TPSA) is 50.7 Å². The summed E-state index contributed by atoms with van der Waals surface area (Å²) in [5.41, 5.74) is 3.51. The summed E-state index contributed by atoms with van der Waals surface area (Å²) in [6.07, 6.45) is 5.85. The fourth-order valence-electron chi connectivity index (χ4n) is 2.43. The largest absolute Gasteiger partial charge is 0.373 e. The fraction of sp³-hybridized carbons (Fsp3) is 0.357. The zero-order valence-corrected chi connectivity index (χ0v) is 10.5. The number of hydrogen-bond acceptors (Lipinski definition) is 4. The van der Waals surface area contributed by atoms with Crippen molar-refractivity contribution in [3.63, 3.8) is 0 Å². The predicted molar refractivity (Wildman–Crippen MR) is 70.6 cm³/mol. The highest BCUT2D eigenvalue weighted by molar-refractivity contribution is 5.48. The molecule has 4 nitrogen and oxygen atoms in total. The van der Waals surface area contributed by atoms with Gasteiger partial charge in [0.25, 0.3) is 0 Å². The van der Waals surface area contributed by atoms with Crippen molar-refractivity contribution in [2.75, 3.05) is 12.4 Å². The Morgan fingerprint density at radius 3 is 2.94 bits per heavy atom. The Labute approximate surface area is 107 Å². The number of nitrogens with zero attached hydrogens (tertiary/aromatic N) is 3. The van der Waals surface area contributed by atoms with Crippen LogP contribution in [0.3, 0.4) is 0 Å². The van der Waals surface area contributed by atoms with Crippen LogP contribution in [-0.4, -0.2) is 22.0 Å². The van der Waals surface area contributed by atoms with Gasteiger partial charge in [-0.05, 0) is 31.4 Å². The van der Waals surface area contributed by atoms with E-state index >= 15 is 0 Å². The maximum Gasteiger partial charge on any atom is 0.136 e. The quantitative estimate of drug-likeness (QED) is 0.891. The summed E-state index contributed by atoms with van der Waals surface area (Å²) in [6, 6.07) is 5.93. The van der Waals surface area contributed by atoms with Crippen LogP contribution < -0.4 is 5.32 Å². The molecule has 1 aliphatic carbocycles. The molecule has 0 spiro atoms. The molecule has 4 heteroatoms. The number of aryl methyl sites for hydroxylation is 1. The van der Waals surface area contributed by atoms with Gasteiger partial charge in [-0.2, -0.15) is 0 Å². The normalized spacial score (nSPS) is 13.4. The molecule has 1 N–H and O–H groups in total. The van der Waals surface area contributed by atoms with Crippen molar-refractivity contribution in [2.45, 2.75) is 25.7 Å². The summed E-state index contributed by atoms with van der Waals surface area (Å²) >= 11 is 0. The highest BCUT2D eigenvalue weighted by Crippen LogP contribution is 2.26. The van der Waals surface area contributed by atoms with Gasteiger partial charge in [-0.15, -0.1) is 0 Å². The molecule has 0 fully saturated rings. The number of hydrogen-bond donors (Lipinski definition) is 1. The van der Waals surface area contributed by atoms with E-state index in [1.165, 1.54) is 17.7 Å². The van der Waals surface area contributed by atoms with Gasteiger partial charge in [-0.1, -0.05) is 6.07 Å². The van der Waals surface area contributed by atoms with Gasteiger partial charge in [0.05, 0.1) is 6.42 Å². The van der Waals surface area contributed by atoms with Gasteiger partial charge in [0, 0.05) is 30.2 Å². The van der Waals surface area contributed by atoms with E-state index in [0.717, 1.165) is 30.2 Å². The van der Waals surface area contributed by atoms with Crippen LogP contribution >= 0.6 is 0 Å². The van der Waals surface area contributed by atoms with Crippen LogP contribution in [0.5, 0.6) is 0 Å². The molecule has 0 saturated heterocycles. The molecule has 92 valence electrons. The molecular weight excluding hydrogens is 224 g/mol. The number of nitrogens with one attached hydrogen (secondary N) is 1. The number of rotatable bonds is 3. The number of anilines is 1. The summed E-state index contributed by atoms with van der Waals surface area (Å²) in [7, 11) is 1.92. The minimum absolute atomic E-state index is 0.697. The summed E-state index contributed by atoms with van der Waals surface area (Å²) < 4.78 is 0. The molecule has 1 aliphatic rings. The van der Waals surface area contributed by atoms with Crippen LogP contribution in [0.4, 0.5) is 5.82 Å². The SMILES string of the molecule is CNc1nc(Cc2ccccn2)nc2c1CCC2.